The van der Waals surface area contributed by atoms with Gasteiger partial charge in [-0.1, -0.05) is 30.3 Å². The van der Waals surface area contributed by atoms with Crippen molar-refractivity contribution in [3.8, 4) is 11.4 Å². The van der Waals surface area contributed by atoms with Crippen molar-refractivity contribution in [1.29, 1.82) is 0 Å². The third-order valence-electron chi connectivity index (χ3n) is 3.03. The number of imidazole rings is 1. The number of benzene rings is 1. The normalized spacial score (nSPS) is 10.8. The van der Waals surface area contributed by atoms with Crippen molar-refractivity contribution < 1.29 is 0 Å². The molecule has 0 atom stereocenters. The van der Waals surface area contributed by atoms with Gasteiger partial charge in [0, 0.05) is 24.8 Å². The van der Waals surface area contributed by atoms with E-state index in [9.17, 15) is 0 Å². The Morgan fingerprint density at radius 2 is 1.74 bits per heavy atom. The van der Waals surface area contributed by atoms with E-state index in [4.69, 9.17) is 0 Å². The molecule has 0 fully saturated rings. The molecule has 0 aliphatic heterocycles. The number of nitrogens with zero attached hydrogens (tertiary/aromatic N) is 5. The van der Waals surface area contributed by atoms with Crippen LogP contribution in [0.5, 0.6) is 0 Å². The van der Waals surface area contributed by atoms with E-state index in [0.29, 0.717) is 23.5 Å². The lowest BCUT2D eigenvalue weighted by Crippen LogP contribution is -2.14. The van der Waals surface area contributed by atoms with Crippen molar-refractivity contribution in [3.63, 3.8) is 0 Å². The van der Waals surface area contributed by atoms with Crippen molar-refractivity contribution in [1.82, 2.24) is 24.5 Å². The lowest BCUT2D eigenvalue weighted by Gasteiger charge is -2.11. The molecule has 0 unspecified atom stereocenters. The van der Waals surface area contributed by atoms with Gasteiger partial charge in [0.05, 0.1) is 6.33 Å². The van der Waals surface area contributed by atoms with Gasteiger partial charge < -0.3 is 15.2 Å². The molecule has 0 radical (unpaired) electrons. The summed E-state index contributed by atoms with van der Waals surface area (Å²) in [7, 11) is 1.91. The highest BCUT2D eigenvalue weighted by molar-refractivity contribution is 5.59. The van der Waals surface area contributed by atoms with Gasteiger partial charge in [0.25, 0.3) is 0 Å². The second-order valence-electron chi connectivity index (χ2n) is 5.52. The molecule has 0 saturated heterocycles. The molecule has 2 N–H and O–H groups in total. The first-order chi connectivity index (χ1) is 11.1. The predicted octanol–water partition coefficient (Wildman–Crippen LogP) is 2.84. The Hall–Kier alpha value is -2.96. The van der Waals surface area contributed by atoms with Crippen molar-refractivity contribution in [2.24, 2.45) is 7.05 Å². The van der Waals surface area contributed by atoms with Gasteiger partial charge in [0.2, 0.25) is 11.9 Å². The highest BCUT2D eigenvalue weighted by Gasteiger charge is 2.10. The molecule has 0 aliphatic rings. The molecule has 0 saturated carbocycles. The summed E-state index contributed by atoms with van der Waals surface area (Å²) >= 11 is 0. The van der Waals surface area contributed by atoms with Crippen LogP contribution in [-0.2, 0) is 7.05 Å². The Morgan fingerprint density at radius 3 is 2.39 bits per heavy atom. The average Bonchev–Trinajstić information content (AvgIpc) is 2.92. The maximum absolute atomic E-state index is 4.49. The van der Waals surface area contributed by atoms with E-state index in [2.05, 4.69) is 30.6 Å². The second kappa shape index (κ2) is 6.43. The third-order valence-corrected chi connectivity index (χ3v) is 3.03. The molecule has 0 spiro atoms. The van der Waals surface area contributed by atoms with Crippen LogP contribution in [0.1, 0.15) is 13.8 Å². The van der Waals surface area contributed by atoms with E-state index in [0.717, 1.165) is 5.56 Å². The van der Waals surface area contributed by atoms with Crippen LogP contribution in [0, 0.1) is 0 Å². The fourth-order valence-electron chi connectivity index (χ4n) is 2.06. The summed E-state index contributed by atoms with van der Waals surface area (Å²) in [6, 6.07) is 10.0. The number of nitrogens with one attached hydrogen (secondary N) is 2. The van der Waals surface area contributed by atoms with E-state index in [1.165, 1.54) is 0 Å². The fraction of sp³-hybridized carbons (Fsp3) is 0.250. The number of hydrogen-bond donors (Lipinski definition) is 2. The number of rotatable bonds is 5. The van der Waals surface area contributed by atoms with E-state index >= 15 is 0 Å². The van der Waals surface area contributed by atoms with Gasteiger partial charge in [-0.2, -0.15) is 15.0 Å². The third kappa shape index (κ3) is 3.82. The summed E-state index contributed by atoms with van der Waals surface area (Å²) in [6.07, 6.45) is 3.58. The van der Waals surface area contributed by atoms with Crippen molar-refractivity contribution in [2.75, 3.05) is 10.6 Å². The zero-order valence-corrected chi connectivity index (χ0v) is 13.4. The van der Waals surface area contributed by atoms with Crippen LogP contribution < -0.4 is 10.6 Å². The molecule has 3 aromatic rings. The monoisotopic (exact) mass is 309 g/mol. The van der Waals surface area contributed by atoms with Gasteiger partial charge in [0.1, 0.15) is 0 Å². The highest BCUT2D eigenvalue weighted by atomic mass is 15.2. The van der Waals surface area contributed by atoms with Crippen LogP contribution in [0.3, 0.4) is 0 Å². The Labute approximate surface area is 134 Å². The number of aryl methyl sites for hydroxylation is 1. The fourth-order valence-corrected chi connectivity index (χ4v) is 2.06. The number of anilines is 3. The Kier molecular flexibility index (Phi) is 4.18. The zero-order valence-electron chi connectivity index (χ0n) is 13.4. The summed E-state index contributed by atoms with van der Waals surface area (Å²) in [5, 5.41) is 6.33. The summed E-state index contributed by atoms with van der Waals surface area (Å²) in [5.41, 5.74) is 0.936. The maximum Gasteiger partial charge on any atom is 0.233 e. The highest BCUT2D eigenvalue weighted by Crippen LogP contribution is 2.19. The van der Waals surface area contributed by atoms with E-state index < -0.39 is 0 Å². The lowest BCUT2D eigenvalue weighted by molar-refractivity contribution is 0.869. The molecule has 7 heteroatoms. The van der Waals surface area contributed by atoms with Crippen LogP contribution in [0.2, 0.25) is 0 Å². The maximum atomic E-state index is 4.49. The van der Waals surface area contributed by atoms with Gasteiger partial charge in [-0.3, -0.25) is 0 Å². The number of aromatic nitrogens is 5. The summed E-state index contributed by atoms with van der Waals surface area (Å²) in [6.45, 7) is 4.08. The van der Waals surface area contributed by atoms with Crippen LogP contribution in [0.4, 0.5) is 17.7 Å². The molecule has 2 aromatic heterocycles. The molecular weight excluding hydrogens is 290 g/mol. The van der Waals surface area contributed by atoms with Gasteiger partial charge in [-0.05, 0) is 13.8 Å². The molecule has 7 nitrogen and oxygen atoms in total. The topological polar surface area (TPSA) is 80.5 Å². The molecule has 1 aromatic carbocycles. The van der Waals surface area contributed by atoms with Crippen molar-refractivity contribution in [3.05, 3.63) is 42.9 Å². The standard InChI is InChI=1S/C16H19N7/c1-11(2)18-15-20-14(12-7-5-4-6-8-12)21-16(22-15)19-13-9-23(3)10-17-13/h4-11H,1-3H3,(H2,18,19,20,21,22). The Balaban J connectivity index is 1.97. The van der Waals surface area contributed by atoms with Crippen LogP contribution in [-0.4, -0.2) is 30.5 Å². The molecule has 0 aliphatic carbocycles. The first-order valence-electron chi connectivity index (χ1n) is 7.43. The minimum atomic E-state index is 0.226. The Morgan fingerprint density at radius 1 is 1.00 bits per heavy atom. The summed E-state index contributed by atoms with van der Waals surface area (Å²) in [4.78, 5) is 17.6. The Bertz CT molecular complexity index is 780. The minimum Gasteiger partial charge on any atom is -0.352 e. The zero-order chi connectivity index (χ0) is 16.2. The minimum absolute atomic E-state index is 0.226. The first-order valence-corrected chi connectivity index (χ1v) is 7.43. The van der Waals surface area contributed by atoms with Gasteiger partial charge in [0.15, 0.2) is 11.6 Å². The molecule has 0 bridgehead atoms. The van der Waals surface area contributed by atoms with Crippen LogP contribution >= 0.6 is 0 Å². The molecular formula is C16H19N7. The lowest BCUT2D eigenvalue weighted by atomic mass is 10.2. The van der Waals surface area contributed by atoms with Crippen LogP contribution in [0.25, 0.3) is 11.4 Å². The van der Waals surface area contributed by atoms with E-state index in [-0.39, 0.29) is 6.04 Å². The SMILES string of the molecule is CC(C)Nc1nc(Nc2cn(C)cn2)nc(-c2ccccc2)n1. The quantitative estimate of drug-likeness (QED) is 0.754. The predicted molar refractivity (Wildman–Crippen MR) is 90.5 cm³/mol. The van der Waals surface area contributed by atoms with E-state index in [1.54, 1.807) is 6.33 Å². The molecule has 23 heavy (non-hydrogen) atoms. The van der Waals surface area contributed by atoms with E-state index in [1.807, 2.05) is 62.0 Å². The molecule has 118 valence electrons. The van der Waals surface area contributed by atoms with Crippen molar-refractivity contribution in [2.45, 2.75) is 19.9 Å². The summed E-state index contributed by atoms with van der Waals surface area (Å²) < 4.78 is 1.86. The van der Waals surface area contributed by atoms with Gasteiger partial charge >= 0.3 is 0 Å². The van der Waals surface area contributed by atoms with Crippen LogP contribution in [0.15, 0.2) is 42.9 Å². The van der Waals surface area contributed by atoms with Gasteiger partial charge in [-0.15, -0.1) is 0 Å². The summed E-state index contributed by atoms with van der Waals surface area (Å²) in [5.74, 6) is 2.29. The first kappa shape index (κ1) is 15.0. The molecule has 0 amide bonds. The average molecular weight is 309 g/mol. The number of hydrogen-bond acceptors (Lipinski definition) is 6. The molecule has 2 heterocycles. The largest absolute Gasteiger partial charge is 0.352 e. The van der Waals surface area contributed by atoms with Crippen molar-refractivity contribution >= 4 is 17.7 Å². The second-order valence-corrected chi connectivity index (χ2v) is 5.52. The smallest absolute Gasteiger partial charge is 0.233 e. The molecule has 3 rings (SSSR count). The van der Waals surface area contributed by atoms with Gasteiger partial charge in [-0.25, -0.2) is 4.98 Å².